The zero-order valence-electron chi connectivity index (χ0n) is 17.8. The van der Waals surface area contributed by atoms with Crippen molar-refractivity contribution in [3.63, 3.8) is 0 Å². The van der Waals surface area contributed by atoms with Gasteiger partial charge in [-0.15, -0.1) is 0 Å². The van der Waals surface area contributed by atoms with E-state index in [1.54, 1.807) is 0 Å². The lowest BCUT2D eigenvalue weighted by Crippen LogP contribution is -2.45. The molecule has 1 aromatic rings. The zero-order chi connectivity index (χ0) is 23.1. The number of alkyl halides is 2. The molecule has 1 saturated heterocycles. The summed E-state index contributed by atoms with van der Waals surface area (Å²) in [5.74, 6) is -5.76. The molecule has 3 amide bonds. The molecule has 1 spiro atoms. The highest BCUT2D eigenvalue weighted by molar-refractivity contribution is 5.81. The van der Waals surface area contributed by atoms with Crippen molar-refractivity contribution in [2.45, 2.75) is 56.4 Å². The van der Waals surface area contributed by atoms with E-state index in [0.29, 0.717) is 45.2 Å². The maximum absolute atomic E-state index is 15.1. The normalized spacial score (nSPS) is 23.8. The largest absolute Gasteiger partial charge is 0.351 e. The highest BCUT2D eigenvalue weighted by Gasteiger charge is 2.61. The number of primary amides is 1. The number of halogens is 3. The molecule has 3 aliphatic rings. The van der Waals surface area contributed by atoms with Gasteiger partial charge in [0.1, 0.15) is 11.4 Å². The number of hydrogen-bond acceptors (Lipinski definition) is 3. The van der Waals surface area contributed by atoms with Gasteiger partial charge >= 0.3 is 6.03 Å². The van der Waals surface area contributed by atoms with Crippen molar-refractivity contribution in [1.29, 1.82) is 5.26 Å². The third-order valence-electron chi connectivity index (χ3n) is 7.40. The number of carbonyl (C=O) groups is 2. The molecule has 1 unspecified atom stereocenters. The summed E-state index contributed by atoms with van der Waals surface area (Å²) in [6.07, 6.45) is 1.35. The molecular weight excluding hydrogens is 421 g/mol. The summed E-state index contributed by atoms with van der Waals surface area (Å²) in [6, 6.07) is 6.97. The summed E-state index contributed by atoms with van der Waals surface area (Å²) in [5, 5.41) is 12.0. The van der Waals surface area contributed by atoms with Crippen LogP contribution >= 0.6 is 0 Å². The fourth-order valence-electron chi connectivity index (χ4n) is 5.15. The van der Waals surface area contributed by atoms with Crippen molar-refractivity contribution in [3.8, 4) is 6.07 Å². The summed E-state index contributed by atoms with van der Waals surface area (Å²) < 4.78 is 44.1. The average Bonchev–Trinajstić information content (AvgIpc) is 3.66. The van der Waals surface area contributed by atoms with Gasteiger partial charge in [0, 0.05) is 31.8 Å². The minimum absolute atomic E-state index is 0.0902. The molecule has 2 saturated carbocycles. The van der Waals surface area contributed by atoms with Gasteiger partial charge in [0.2, 0.25) is 5.91 Å². The number of nitriles is 1. The standard InChI is InChI=1S/C23H27F3N4O2/c24-18-4-2-1-3-15(18)11-23(25,26)12-16(19(31)29-22(14-27)5-6-22)17-13-21(17)7-9-30(10-8-21)20(28)32/h1-4,16-17H,5-13H2,(H2,28,32)(H,29,31)/t16-,17?/m0/s1. The summed E-state index contributed by atoms with van der Waals surface area (Å²) in [7, 11) is 0. The molecule has 0 aromatic heterocycles. The van der Waals surface area contributed by atoms with Crippen LogP contribution < -0.4 is 11.1 Å². The maximum Gasteiger partial charge on any atom is 0.314 e. The first-order valence-electron chi connectivity index (χ1n) is 11.0. The van der Waals surface area contributed by atoms with E-state index in [1.165, 1.54) is 23.1 Å². The Kier molecular flexibility index (Phi) is 5.60. The number of hydrogen-bond donors (Lipinski definition) is 2. The van der Waals surface area contributed by atoms with Gasteiger partial charge in [-0.2, -0.15) is 5.26 Å². The molecule has 172 valence electrons. The molecule has 32 heavy (non-hydrogen) atoms. The second-order valence-corrected chi connectivity index (χ2v) is 9.62. The second-order valence-electron chi connectivity index (χ2n) is 9.62. The Hall–Kier alpha value is -2.76. The van der Waals surface area contributed by atoms with Gasteiger partial charge < -0.3 is 16.0 Å². The lowest BCUT2D eigenvalue weighted by Gasteiger charge is -2.33. The molecule has 1 aliphatic heterocycles. The summed E-state index contributed by atoms with van der Waals surface area (Å²) in [4.78, 5) is 26.0. The molecule has 0 radical (unpaired) electrons. The molecule has 2 aliphatic carbocycles. The first-order valence-corrected chi connectivity index (χ1v) is 11.0. The first kappa shape index (κ1) is 22.4. The van der Waals surface area contributed by atoms with Crippen LogP contribution in [0.5, 0.6) is 0 Å². The van der Waals surface area contributed by atoms with E-state index in [1.807, 2.05) is 0 Å². The van der Waals surface area contributed by atoms with E-state index in [0.717, 1.165) is 6.07 Å². The van der Waals surface area contributed by atoms with Crippen LogP contribution in [0.3, 0.4) is 0 Å². The Labute approximate surface area is 184 Å². The van der Waals surface area contributed by atoms with Crippen LogP contribution in [0.4, 0.5) is 18.0 Å². The first-order chi connectivity index (χ1) is 15.1. The highest BCUT2D eigenvalue weighted by Crippen LogP contribution is 2.64. The Morgan fingerprint density at radius 1 is 1.25 bits per heavy atom. The molecule has 1 heterocycles. The van der Waals surface area contributed by atoms with E-state index in [9.17, 15) is 19.2 Å². The van der Waals surface area contributed by atoms with Crippen LogP contribution in [0, 0.1) is 34.4 Å². The number of carbonyl (C=O) groups excluding carboxylic acids is 2. The summed E-state index contributed by atoms with van der Waals surface area (Å²) in [5.41, 5.74) is 4.03. The lowest BCUT2D eigenvalue weighted by atomic mass is 9.83. The van der Waals surface area contributed by atoms with Gasteiger partial charge in [0.05, 0.1) is 6.07 Å². The molecule has 6 nitrogen and oxygen atoms in total. The number of rotatable bonds is 7. The third-order valence-corrected chi connectivity index (χ3v) is 7.40. The van der Waals surface area contributed by atoms with E-state index < -0.39 is 48.0 Å². The van der Waals surface area contributed by atoms with E-state index in [4.69, 9.17) is 5.73 Å². The van der Waals surface area contributed by atoms with Crippen molar-refractivity contribution in [1.82, 2.24) is 10.2 Å². The van der Waals surface area contributed by atoms with Crippen LogP contribution in [0.2, 0.25) is 0 Å². The monoisotopic (exact) mass is 448 g/mol. The fraction of sp³-hybridized carbons (Fsp3) is 0.609. The molecule has 9 heteroatoms. The lowest BCUT2D eigenvalue weighted by molar-refractivity contribution is -0.131. The van der Waals surface area contributed by atoms with Gasteiger partial charge in [-0.05, 0) is 55.1 Å². The van der Waals surface area contributed by atoms with E-state index >= 15 is 8.78 Å². The second kappa shape index (κ2) is 7.98. The molecular formula is C23H27F3N4O2. The van der Waals surface area contributed by atoms with Gasteiger partial charge in [-0.25, -0.2) is 18.0 Å². The quantitative estimate of drug-likeness (QED) is 0.669. The SMILES string of the molecule is N#CC1(NC(=O)[C@@H](CC(F)(F)Cc2ccccc2F)C2CC23CCN(C(N)=O)CC3)CC1. The zero-order valence-corrected chi connectivity index (χ0v) is 17.8. The van der Waals surface area contributed by atoms with E-state index in [2.05, 4.69) is 11.4 Å². The van der Waals surface area contributed by atoms with Gasteiger partial charge in [0.15, 0.2) is 0 Å². The number of likely N-dealkylation sites (tertiary alicyclic amines) is 1. The molecule has 2 atom stereocenters. The number of nitrogens with zero attached hydrogens (tertiary/aromatic N) is 2. The number of benzene rings is 1. The Morgan fingerprint density at radius 2 is 1.91 bits per heavy atom. The average molecular weight is 448 g/mol. The highest BCUT2D eigenvalue weighted by atomic mass is 19.3. The van der Waals surface area contributed by atoms with E-state index in [-0.39, 0.29) is 16.9 Å². The van der Waals surface area contributed by atoms with Crippen LogP contribution in [0.15, 0.2) is 24.3 Å². The summed E-state index contributed by atoms with van der Waals surface area (Å²) >= 11 is 0. The summed E-state index contributed by atoms with van der Waals surface area (Å²) in [6.45, 7) is 0.877. The molecule has 0 bridgehead atoms. The van der Waals surface area contributed by atoms with Gasteiger partial charge in [0.25, 0.3) is 5.92 Å². The fourth-order valence-corrected chi connectivity index (χ4v) is 5.15. The Balaban J connectivity index is 1.50. The number of urea groups is 1. The van der Waals surface area contributed by atoms with Crippen molar-refractivity contribution in [3.05, 3.63) is 35.6 Å². The van der Waals surface area contributed by atoms with Crippen LogP contribution in [0.1, 0.15) is 44.1 Å². The number of nitrogens with two attached hydrogens (primary N) is 1. The van der Waals surface area contributed by atoms with Crippen LogP contribution in [-0.4, -0.2) is 41.4 Å². The predicted octanol–water partition coefficient (Wildman–Crippen LogP) is 3.36. The van der Waals surface area contributed by atoms with Crippen molar-refractivity contribution < 1.29 is 22.8 Å². The van der Waals surface area contributed by atoms with Crippen LogP contribution in [-0.2, 0) is 11.2 Å². The Bertz CT molecular complexity index is 949. The molecule has 1 aromatic carbocycles. The van der Waals surface area contributed by atoms with Crippen molar-refractivity contribution >= 4 is 11.9 Å². The number of amides is 3. The van der Waals surface area contributed by atoms with Crippen LogP contribution in [0.25, 0.3) is 0 Å². The number of nitrogens with one attached hydrogen (secondary N) is 1. The molecule has 3 fully saturated rings. The Morgan fingerprint density at radius 3 is 2.47 bits per heavy atom. The third kappa shape index (κ3) is 4.54. The smallest absolute Gasteiger partial charge is 0.314 e. The topological polar surface area (TPSA) is 99.2 Å². The predicted molar refractivity (Wildman–Crippen MR) is 110 cm³/mol. The van der Waals surface area contributed by atoms with Gasteiger partial charge in [-0.3, -0.25) is 4.79 Å². The maximum atomic E-state index is 15.1. The minimum atomic E-state index is -3.29. The molecule has 3 N–H and O–H groups in total. The molecule has 4 rings (SSSR count). The minimum Gasteiger partial charge on any atom is -0.351 e. The number of piperidine rings is 1. The van der Waals surface area contributed by atoms with Gasteiger partial charge in [-0.1, -0.05) is 18.2 Å². The van der Waals surface area contributed by atoms with Crippen molar-refractivity contribution in [2.75, 3.05) is 13.1 Å². The van der Waals surface area contributed by atoms with Crippen molar-refractivity contribution in [2.24, 2.45) is 23.0 Å².